The van der Waals surface area contributed by atoms with Crippen LogP contribution >= 0.6 is 0 Å². The van der Waals surface area contributed by atoms with Gasteiger partial charge in [-0.2, -0.15) is 0 Å². The fourth-order valence-electron chi connectivity index (χ4n) is 2.23. The van der Waals surface area contributed by atoms with E-state index >= 15 is 0 Å². The molecule has 0 aromatic heterocycles. The van der Waals surface area contributed by atoms with Gasteiger partial charge in [0.1, 0.15) is 0 Å². The maximum atomic E-state index is 11.4. The molecule has 0 aliphatic heterocycles. The number of hydrogen-bond donors (Lipinski definition) is 0. The van der Waals surface area contributed by atoms with E-state index in [2.05, 4.69) is 11.7 Å². The third-order valence-electron chi connectivity index (χ3n) is 3.51. The van der Waals surface area contributed by atoms with Gasteiger partial charge in [-0.15, -0.1) is 0 Å². The Morgan fingerprint density at radius 3 is 2.24 bits per heavy atom. The number of carboxylic acids is 1. The summed E-state index contributed by atoms with van der Waals surface area (Å²) in [6.07, 6.45) is 13.9. The maximum absolute atomic E-state index is 11.4. The van der Waals surface area contributed by atoms with Gasteiger partial charge in [0.05, 0.1) is 13.0 Å². The van der Waals surface area contributed by atoms with Crippen LogP contribution in [0.5, 0.6) is 0 Å². The van der Waals surface area contributed by atoms with Crippen LogP contribution in [-0.2, 0) is 14.3 Å². The number of esters is 1. The van der Waals surface area contributed by atoms with Gasteiger partial charge in [0, 0.05) is 12.4 Å². The van der Waals surface area contributed by atoms with Crippen LogP contribution in [0, 0.1) is 5.92 Å². The van der Waals surface area contributed by atoms with Crippen LogP contribution in [0.15, 0.2) is 12.2 Å². The Hall–Kier alpha value is -1.32. The molecule has 0 aliphatic rings. The number of carboxylic acid groups (broad SMARTS) is 1. The van der Waals surface area contributed by atoms with Crippen molar-refractivity contribution in [1.29, 1.82) is 0 Å². The molecule has 0 bridgehead atoms. The van der Waals surface area contributed by atoms with E-state index in [4.69, 9.17) is 0 Å². The van der Waals surface area contributed by atoms with Crippen molar-refractivity contribution in [1.82, 2.24) is 0 Å². The average Bonchev–Trinajstić information content (AvgIpc) is 2.46. The quantitative estimate of drug-likeness (QED) is 0.298. The molecule has 122 valence electrons. The summed E-state index contributed by atoms with van der Waals surface area (Å²) in [5.74, 6) is -2.34. The van der Waals surface area contributed by atoms with Gasteiger partial charge in [0.25, 0.3) is 0 Å². The lowest BCUT2D eigenvalue weighted by atomic mass is 10.0. The molecule has 0 fully saturated rings. The van der Waals surface area contributed by atoms with E-state index in [0.29, 0.717) is 6.42 Å². The summed E-state index contributed by atoms with van der Waals surface area (Å²) in [5.41, 5.74) is 0. The van der Waals surface area contributed by atoms with E-state index in [0.717, 1.165) is 12.8 Å². The maximum Gasteiger partial charge on any atom is 0.309 e. The lowest BCUT2D eigenvalue weighted by Gasteiger charge is -2.12. The van der Waals surface area contributed by atoms with E-state index < -0.39 is 17.9 Å². The average molecular weight is 297 g/mol. The van der Waals surface area contributed by atoms with Crippen molar-refractivity contribution in [2.24, 2.45) is 5.92 Å². The number of allylic oxidation sites excluding steroid dienone is 2. The summed E-state index contributed by atoms with van der Waals surface area (Å²) in [5, 5.41) is 10.6. The van der Waals surface area contributed by atoms with Crippen LogP contribution in [0.1, 0.15) is 71.1 Å². The van der Waals surface area contributed by atoms with Crippen LogP contribution < -0.4 is 5.11 Å². The van der Waals surface area contributed by atoms with Crippen molar-refractivity contribution in [2.75, 3.05) is 7.11 Å². The lowest BCUT2D eigenvalue weighted by Crippen LogP contribution is -2.28. The van der Waals surface area contributed by atoms with Gasteiger partial charge in [-0.05, 0) is 19.3 Å². The number of aliphatic carboxylic acids is 1. The van der Waals surface area contributed by atoms with Crippen LogP contribution in [0.2, 0.25) is 0 Å². The molecule has 0 saturated carbocycles. The van der Waals surface area contributed by atoms with Crippen molar-refractivity contribution in [2.45, 2.75) is 71.1 Å². The van der Waals surface area contributed by atoms with Gasteiger partial charge < -0.3 is 14.6 Å². The van der Waals surface area contributed by atoms with E-state index in [1.807, 2.05) is 12.2 Å². The van der Waals surface area contributed by atoms with Crippen molar-refractivity contribution in [3.05, 3.63) is 12.2 Å². The van der Waals surface area contributed by atoms with Gasteiger partial charge in [0.2, 0.25) is 0 Å². The number of unbranched alkanes of at least 4 members (excludes halogenated alkanes) is 7. The van der Waals surface area contributed by atoms with Gasteiger partial charge in [0.15, 0.2) is 0 Å². The first-order valence-electron chi connectivity index (χ1n) is 8.04. The summed E-state index contributed by atoms with van der Waals surface area (Å²) in [6.45, 7) is 2.22. The standard InChI is InChI=1S/C17H30O4/c1-3-4-5-6-7-8-9-10-11-12-13-15(14-16(18)19)17(20)21-2/h11-12,15H,3-10,13-14H2,1-2H3,(H,18,19)/p-1. The molecule has 0 saturated heterocycles. The zero-order chi connectivity index (χ0) is 15.9. The predicted octanol–water partition coefficient (Wildman–Crippen LogP) is 3.00. The second kappa shape index (κ2) is 13.7. The number of ether oxygens (including phenoxy) is 1. The van der Waals surface area contributed by atoms with Crippen LogP contribution in [-0.4, -0.2) is 19.0 Å². The largest absolute Gasteiger partial charge is 0.550 e. The van der Waals surface area contributed by atoms with E-state index in [-0.39, 0.29) is 6.42 Å². The Balaban J connectivity index is 3.71. The molecule has 0 rings (SSSR count). The zero-order valence-electron chi connectivity index (χ0n) is 13.4. The normalized spacial score (nSPS) is 12.5. The molecule has 0 radical (unpaired) electrons. The first-order valence-corrected chi connectivity index (χ1v) is 8.04. The highest BCUT2D eigenvalue weighted by molar-refractivity contribution is 5.78. The van der Waals surface area contributed by atoms with Gasteiger partial charge in [-0.25, -0.2) is 0 Å². The minimum absolute atomic E-state index is 0.283. The van der Waals surface area contributed by atoms with Crippen LogP contribution in [0.4, 0.5) is 0 Å². The molecule has 0 aliphatic carbocycles. The highest BCUT2D eigenvalue weighted by atomic mass is 16.5. The summed E-state index contributed by atoms with van der Waals surface area (Å²) in [7, 11) is 1.27. The molecule has 0 amide bonds. The highest BCUT2D eigenvalue weighted by Crippen LogP contribution is 2.12. The van der Waals surface area contributed by atoms with Crippen molar-refractivity contribution in [3.63, 3.8) is 0 Å². The fraction of sp³-hybridized carbons (Fsp3) is 0.765. The Bertz CT molecular complexity index is 310. The third kappa shape index (κ3) is 12.2. The number of carbonyl (C=O) groups is 2. The topological polar surface area (TPSA) is 66.4 Å². The molecular formula is C17H29O4-. The first-order chi connectivity index (χ1) is 10.1. The van der Waals surface area contributed by atoms with E-state index in [1.54, 1.807) is 0 Å². The Kier molecular flexibility index (Phi) is 12.8. The molecule has 0 aromatic rings. The van der Waals surface area contributed by atoms with Crippen molar-refractivity contribution in [3.8, 4) is 0 Å². The SMILES string of the molecule is CCCCCCCCCC=CCC(CC(=O)[O-])C(=O)OC. The van der Waals surface area contributed by atoms with Crippen molar-refractivity contribution < 1.29 is 19.4 Å². The number of methoxy groups -OCH3 is 1. The number of rotatable bonds is 13. The van der Waals surface area contributed by atoms with E-state index in [9.17, 15) is 14.7 Å². The monoisotopic (exact) mass is 297 g/mol. The molecule has 0 heterocycles. The minimum Gasteiger partial charge on any atom is -0.550 e. The Labute approximate surface area is 128 Å². The Morgan fingerprint density at radius 2 is 1.67 bits per heavy atom. The number of carbonyl (C=O) groups excluding carboxylic acids is 2. The fourth-order valence-corrected chi connectivity index (χ4v) is 2.23. The lowest BCUT2D eigenvalue weighted by molar-refractivity contribution is -0.306. The zero-order valence-corrected chi connectivity index (χ0v) is 13.4. The molecule has 4 nitrogen and oxygen atoms in total. The molecule has 1 unspecified atom stereocenters. The van der Waals surface area contributed by atoms with Crippen molar-refractivity contribution >= 4 is 11.9 Å². The smallest absolute Gasteiger partial charge is 0.309 e. The van der Waals surface area contributed by atoms with Gasteiger partial charge in [-0.1, -0.05) is 57.6 Å². The summed E-state index contributed by atoms with van der Waals surface area (Å²) in [4.78, 5) is 22.0. The molecule has 4 heteroatoms. The Morgan fingerprint density at radius 1 is 1.05 bits per heavy atom. The second-order valence-corrected chi connectivity index (χ2v) is 5.41. The van der Waals surface area contributed by atoms with Crippen LogP contribution in [0.25, 0.3) is 0 Å². The molecule has 0 aromatic carbocycles. The molecule has 1 atom stereocenters. The van der Waals surface area contributed by atoms with Crippen LogP contribution in [0.3, 0.4) is 0 Å². The predicted molar refractivity (Wildman–Crippen MR) is 81.5 cm³/mol. The third-order valence-corrected chi connectivity index (χ3v) is 3.51. The summed E-state index contributed by atoms with van der Waals surface area (Å²) >= 11 is 0. The summed E-state index contributed by atoms with van der Waals surface area (Å²) in [6, 6.07) is 0. The second-order valence-electron chi connectivity index (χ2n) is 5.41. The molecule has 0 N–H and O–H groups in total. The van der Waals surface area contributed by atoms with Gasteiger partial charge >= 0.3 is 5.97 Å². The molecule has 21 heavy (non-hydrogen) atoms. The highest BCUT2D eigenvalue weighted by Gasteiger charge is 2.17. The number of hydrogen-bond acceptors (Lipinski definition) is 4. The summed E-state index contributed by atoms with van der Waals surface area (Å²) < 4.78 is 4.59. The first kappa shape index (κ1) is 19.7. The molecule has 0 spiro atoms. The minimum atomic E-state index is -1.22. The van der Waals surface area contributed by atoms with Gasteiger partial charge in [-0.3, -0.25) is 4.79 Å². The van der Waals surface area contributed by atoms with E-state index in [1.165, 1.54) is 45.6 Å². The molecular weight excluding hydrogens is 268 g/mol.